The van der Waals surface area contributed by atoms with E-state index in [-0.39, 0.29) is 5.91 Å². The van der Waals surface area contributed by atoms with Crippen molar-refractivity contribution in [3.8, 4) is 0 Å². The Bertz CT molecular complexity index is 471. The second-order valence-corrected chi connectivity index (χ2v) is 5.09. The molecular weight excluding hydrogens is 230 g/mol. The number of rotatable bonds is 2. The minimum Gasteiger partial charge on any atom is -0.388 e. The summed E-state index contributed by atoms with van der Waals surface area (Å²) in [6.45, 7) is 4.61. The van der Waals surface area contributed by atoms with Crippen molar-refractivity contribution in [2.24, 2.45) is 0 Å². The Morgan fingerprint density at radius 3 is 2.89 bits per heavy atom. The summed E-state index contributed by atoms with van der Waals surface area (Å²) in [5.41, 5.74) is 1.43. The molecular formula is C13H19N3O2. The number of amides is 1. The van der Waals surface area contributed by atoms with Crippen LogP contribution in [-0.2, 0) is 0 Å². The molecule has 2 heterocycles. The second kappa shape index (κ2) is 4.57. The van der Waals surface area contributed by atoms with Crippen molar-refractivity contribution < 1.29 is 9.90 Å². The maximum absolute atomic E-state index is 12.4. The van der Waals surface area contributed by atoms with Crippen LogP contribution in [0.4, 0.5) is 5.69 Å². The van der Waals surface area contributed by atoms with Gasteiger partial charge in [0.25, 0.3) is 5.91 Å². The van der Waals surface area contributed by atoms with Gasteiger partial charge >= 0.3 is 0 Å². The van der Waals surface area contributed by atoms with Crippen LogP contribution in [0.5, 0.6) is 0 Å². The highest BCUT2D eigenvalue weighted by molar-refractivity contribution is 5.99. The molecule has 2 N–H and O–H groups in total. The first kappa shape index (κ1) is 12.8. The largest absolute Gasteiger partial charge is 0.388 e. The molecule has 0 spiro atoms. The SMILES string of the molecule is CNc1cc(C)ncc1C(=O)N1CCC(C)(O)C1. The number of aromatic nitrogens is 1. The second-order valence-electron chi connectivity index (χ2n) is 5.09. The van der Waals surface area contributed by atoms with Gasteiger partial charge in [0.05, 0.1) is 16.9 Å². The molecule has 1 aromatic rings. The lowest BCUT2D eigenvalue weighted by atomic mass is 10.1. The van der Waals surface area contributed by atoms with E-state index in [4.69, 9.17) is 0 Å². The summed E-state index contributed by atoms with van der Waals surface area (Å²) in [6, 6.07) is 1.85. The van der Waals surface area contributed by atoms with Crippen LogP contribution in [0.2, 0.25) is 0 Å². The molecule has 1 atom stereocenters. The average Bonchev–Trinajstić information content (AvgIpc) is 2.68. The normalized spacial score (nSPS) is 23.2. The minimum atomic E-state index is -0.770. The van der Waals surface area contributed by atoms with Gasteiger partial charge in [-0.2, -0.15) is 0 Å². The molecule has 1 fully saturated rings. The summed E-state index contributed by atoms with van der Waals surface area (Å²) in [5, 5.41) is 12.9. The zero-order valence-electron chi connectivity index (χ0n) is 11.0. The molecule has 1 amide bonds. The van der Waals surface area contributed by atoms with Crippen molar-refractivity contribution in [2.45, 2.75) is 25.9 Å². The van der Waals surface area contributed by atoms with E-state index in [2.05, 4.69) is 10.3 Å². The Labute approximate surface area is 107 Å². The zero-order chi connectivity index (χ0) is 13.3. The zero-order valence-corrected chi connectivity index (χ0v) is 11.0. The van der Waals surface area contributed by atoms with Gasteiger partial charge in [-0.05, 0) is 26.3 Å². The van der Waals surface area contributed by atoms with Gasteiger partial charge in [-0.25, -0.2) is 0 Å². The van der Waals surface area contributed by atoms with E-state index >= 15 is 0 Å². The van der Waals surface area contributed by atoms with E-state index in [1.807, 2.05) is 13.0 Å². The fraction of sp³-hybridized carbons (Fsp3) is 0.538. The number of aliphatic hydroxyl groups is 1. The Hall–Kier alpha value is -1.62. The number of nitrogens with zero attached hydrogens (tertiary/aromatic N) is 2. The van der Waals surface area contributed by atoms with Crippen LogP contribution < -0.4 is 5.32 Å². The van der Waals surface area contributed by atoms with Gasteiger partial charge in [0.15, 0.2) is 0 Å². The van der Waals surface area contributed by atoms with Crippen LogP contribution in [-0.4, -0.2) is 46.6 Å². The lowest BCUT2D eigenvalue weighted by Crippen LogP contribution is -2.34. The van der Waals surface area contributed by atoms with Crippen molar-refractivity contribution in [3.63, 3.8) is 0 Å². The van der Waals surface area contributed by atoms with Crippen molar-refractivity contribution in [2.75, 3.05) is 25.5 Å². The fourth-order valence-corrected chi connectivity index (χ4v) is 2.23. The highest BCUT2D eigenvalue weighted by atomic mass is 16.3. The number of hydrogen-bond acceptors (Lipinski definition) is 4. The number of anilines is 1. The highest BCUT2D eigenvalue weighted by Crippen LogP contribution is 2.24. The first-order chi connectivity index (χ1) is 8.43. The minimum absolute atomic E-state index is 0.0791. The monoisotopic (exact) mass is 249 g/mol. The molecule has 0 bridgehead atoms. The van der Waals surface area contributed by atoms with E-state index in [0.717, 1.165) is 11.4 Å². The molecule has 1 saturated heterocycles. The Kier molecular flexibility index (Phi) is 3.26. The molecule has 1 unspecified atom stereocenters. The molecule has 0 radical (unpaired) electrons. The summed E-state index contributed by atoms with van der Waals surface area (Å²) in [4.78, 5) is 18.2. The maximum Gasteiger partial charge on any atom is 0.257 e. The van der Waals surface area contributed by atoms with Crippen LogP contribution in [0.15, 0.2) is 12.3 Å². The summed E-state index contributed by atoms with van der Waals surface area (Å²) in [7, 11) is 1.78. The van der Waals surface area contributed by atoms with Gasteiger partial charge < -0.3 is 15.3 Å². The Morgan fingerprint density at radius 2 is 2.33 bits per heavy atom. The summed E-state index contributed by atoms with van der Waals surface area (Å²) >= 11 is 0. The molecule has 5 heteroatoms. The molecule has 0 aromatic carbocycles. The van der Waals surface area contributed by atoms with E-state index < -0.39 is 5.60 Å². The van der Waals surface area contributed by atoms with Crippen LogP contribution in [0, 0.1) is 6.92 Å². The predicted molar refractivity (Wildman–Crippen MR) is 69.7 cm³/mol. The van der Waals surface area contributed by atoms with Gasteiger partial charge in [0, 0.05) is 32.0 Å². The number of nitrogens with one attached hydrogen (secondary N) is 1. The smallest absolute Gasteiger partial charge is 0.257 e. The number of β-amino-alcohol motifs (C(OH)–C–C–N with tert-alkyl or cyclic N) is 1. The molecule has 1 aromatic heterocycles. The average molecular weight is 249 g/mol. The number of aryl methyl sites for hydroxylation is 1. The third-order valence-corrected chi connectivity index (χ3v) is 3.28. The van der Waals surface area contributed by atoms with Gasteiger partial charge in [0.1, 0.15) is 0 Å². The van der Waals surface area contributed by atoms with Crippen LogP contribution in [0.1, 0.15) is 29.4 Å². The first-order valence-electron chi connectivity index (χ1n) is 6.09. The lowest BCUT2D eigenvalue weighted by molar-refractivity contribution is 0.0572. The van der Waals surface area contributed by atoms with E-state index in [0.29, 0.717) is 25.1 Å². The topological polar surface area (TPSA) is 65.5 Å². The van der Waals surface area contributed by atoms with E-state index in [1.165, 1.54) is 0 Å². The standard InChI is InChI=1S/C13H19N3O2/c1-9-6-11(14-3)10(7-15-9)12(17)16-5-4-13(2,18)8-16/h6-7,18H,4-5,8H2,1-3H3,(H,14,15). The van der Waals surface area contributed by atoms with Gasteiger partial charge in [-0.15, -0.1) is 0 Å². The molecule has 2 rings (SSSR count). The van der Waals surface area contributed by atoms with Crippen LogP contribution >= 0.6 is 0 Å². The Balaban J connectivity index is 2.24. The van der Waals surface area contributed by atoms with E-state index in [9.17, 15) is 9.90 Å². The highest BCUT2D eigenvalue weighted by Gasteiger charge is 2.34. The molecule has 18 heavy (non-hydrogen) atoms. The molecule has 98 valence electrons. The van der Waals surface area contributed by atoms with Crippen molar-refractivity contribution in [1.82, 2.24) is 9.88 Å². The third-order valence-electron chi connectivity index (χ3n) is 3.28. The predicted octanol–water partition coefficient (Wildman–Crippen LogP) is 1.03. The molecule has 0 aliphatic carbocycles. The number of hydrogen-bond donors (Lipinski definition) is 2. The van der Waals surface area contributed by atoms with Crippen molar-refractivity contribution >= 4 is 11.6 Å². The van der Waals surface area contributed by atoms with Gasteiger partial charge in [0.2, 0.25) is 0 Å². The van der Waals surface area contributed by atoms with E-state index in [1.54, 1.807) is 25.1 Å². The van der Waals surface area contributed by atoms with Crippen molar-refractivity contribution in [1.29, 1.82) is 0 Å². The summed E-state index contributed by atoms with van der Waals surface area (Å²) < 4.78 is 0. The van der Waals surface area contributed by atoms with Crippen LogP contribution in [0.3, 0.4) is 0 Å². The summed E-state index contributed by atoms with van der Waals surface area (Å²) in [6.07, 6.45) is 2.21. The first-order valence-corrected chi connectivity index (χ1v) is 6.09. The number of pyridine rings is 1. The molecule has 0 saturated carbocycles. The van der Waals surface area contributed by atoms with Crippen LogP contribution in [0.25, 0.3) is 0 Å². The quantitative estimate of drug-likeness (QED) is 0.821. The third kappa shape index (κ3) is 2.46. The molecule has 5 nitrogen and oxygen atoms in total. The fourth-order valence-electron chi connectivity index (χ4n) is 2.23. The lowest BCUT2D eigenvalue weighted by Gasteiger charge is -2.20. The summed E-state index contributed by atoms with van der Waals surface area (Å²) in [5.74, 6) is -0.0791. The van der Waals surface area contributed by atoms with Gasteiger partial charge in [-0.3, -0.25) is 9.78 Å². The number of carbonyl (C=O) groups is 1. The Morgan fingerprint density at radius 1 is 1.61 bits per heavy atom. The maximum atomic E-state index is 12.4. The van der Waals surface area contributed by atoms with Crippen molar-refractivity contribution in [3.05, 3.63) is 23.5 Å². The molecule has 1 aliphatic heterocycles. The number of carbonyl (C=O) groups excluding carboxylic acids is 1. The molecule has 1 aliphatic rings. The number of likely N-dealkylation sites (tertiary alicyclic amines) is 1. The van der Waals surface area contributed by atoms with Gasteiger partial charge in [-0.1, -0.05) is 0 Å².